The molecule has 4 unspecified atom stereocenters. The molecule has 2 aliphatic heterocycles. The second-order valence-electron chi connectivity index (χ2n) is 3.39. The van der Waals surface area contributed by atoms with Gasteiger partial charge in [0.15, 0.2) is 0 Å². The minimum Gasteiger partial charge on any atom is -0.358 e. The summed E-state index contributed by atoms with van der Waals surface area (Å²) in [5.74, 6) is 0.837. The second-order valence-corrected chi connectivity index (χ2v) is 4.41. The van der Waals surface area contributed by atoms with Crippen LogP contribution in [0.4, 0.5) is 0 Å². The molecule has 0 spiro atoms. The molecule has 0 amide bonds. The van der Waals surface area contributed by atoms with E-state index in [9.17, 15) is 0 Å². The van der Waals surface area contributed by atoms with Crippen LogP contribution in [0.5, 0.6) is 0 Å². The van der Waals surface area contributed by atoms with Gasteiger partial charge in [-0.3, -0.25) is 0 Å². The Labute approximate surface area is 64.8 Å². The number of hydrogen-bond acceptors (Lipinski definition) is 3. The van der Waals surface area contributed by atoms with Crippen molar-refractivity contribution in [3.63, 3.8) is 0 Å². The lowest BCUT2D eigenvalue weighted by atomic mass is 9.89. The van der Waals surface area contributed by atoms with Crippen LogP contribution in [0.1, 0.15) is 19.3 Å². The summed E-state index contributed by atoms with van der Waals surface area (Å²) in [5.41, 5.74) is 0. The van der Waals surface area contributed by atoms with E-state index in [0.717, 1.165) is 11.2 Å². The molecule has 1 N–H and O–H groups in total. The van der Waals surface area contributed by atoms with E-state index in [0.29, 0.717) is 12.3 Å². The minimum absolute atomic E-state index is 0.405. The Kier molecular flexibility index (Phi) is 1.11. The van der Waals surface area contributed by atoms with Crippen molar-refractivity contribution in [2.75, 3.05) is 0 Å². The molecule has 0 aromatic carbocycles. The smallest absolute Gasteiger partial charge is 0.121 e. The molecule has 0 radical (unpaired) electrons. The number of ether oxygens (including phenoxy) is 1. The van der Waals surface area contributed by atoms with Crippen LogP contribution in [0.2, 0.25) is 0 Å². The van der Waals surface area contributed by atoms with Crippen LogP contribution in [-0.4, -0.2) is 17.6 Å². The highest BCUT2D eigenvalue weighted by atomic mass is 32.2. The summed E-state index contributed by atoms with van der Waals surface area (Å²) in [4.78, 5) is 0. The predicted octanol–water partition coefficient (Wildman–Crippen LogP) is 1.13. The SMILES string of the molecule is C1CC2OC3NSC2C3C1. The highest BCUT2D eigenvalue weighted by Crippen LogP contribution is 2.48. The molecular weight excluding hydrogens is 146 g/mol. The standard InChI is InChI=1S/C7H11NOS/c1-2-4-6-5(3-1)9-7(4)8-10-6/h4-8H,1-3H2. The van der Waals surface area contributed by atoms with E-state index in [2.05, 4.69) is 4.72 Å². The van der Waals surface area contributed by atoms with Crippen LogP contribution in [-0.2, 0) is 4.74 Å². The summed E-state index contributed by atoms with van der Waals surface area (Å²) >= 11 is 1.91. The average molecular weight is 157 g/mol. The maximum absolute atomic E-state index is 5.75. The van der Waals surface area contributed by atoms with Crippen molar-refractivity contribution >= 4 is 11.9 Å². The Balaban J connectivity index is 1.95. The van der Waals surface area contributed by atoms with Crippen molar-refractivity contribution in [1.29, 1.82) is 0 Å². The van der Waals surface area contributed by atoms with Gasteiger partial charge in [0.25, 0.3) is 0 Å². The molecule has 2 saturated heterocycles. The summed E-state index contributed by atoms with van der Waals surface area (Å²) in [7, 11) is 0. The molecule has 2 heterocycles. The van der Waals surface area contributed by atoms with Crippen molar-refractivity contribution < 1.29 is 4.74 Å². The first kappa shape index (κ1) is 5.86. The van der Waals surface area contributed by atoms with Crippen LogP contribution >= 0.6 is 11.9 Å². The van der Waals surface area contributed by atoms with Crippen LogP contribution in [0, 0.1) is 5.92 Å². The van der Waals surface area contributed by atoms with Gasteiger partial charge in [-0.05, 0) is 12.8 Å². The second kappa shape index (κ2) is 1.90. The first-order valence-corrected chi connectivity index (χ1v) is 4.90. The highest BCUT2D eigenvalue weighted by molar-refractivity contribution is 7.98. The molecule has 56 valence electrons. The van der Waals surface area contributed by atoms with Crippen molar-refractivity contribution in [1.82, 2.24) is 4.72 Å². The van der Waals surface area contributed by atoms with Crippen molar-refractivity contribution in [3.05, 3.63) is 0 Å². The molecule has 0 aromatic rings. The third-order valence-corrected chi connectivity index (χ3v) is 4.14. The number of rotatable bonds is 0. The predicted molar refractivity (Wildman–Crippen MR) is 40.5 cm³/mol. The molecule has 3 heteroatoms. The Morgan fingerprint density at radius 2 is 2.40 bits per heavy atom. The van der Waals surface area contributed by atoms with Gasteiger partial charge in [-0.2, -0.15) is 0 Å². The fourth-order valence-electron chi connectivity index (χ4n) is 2.34. The van der Waals surface area contributed by atoms with Gasteiger partial charge in [0.1, 0.15) is 6.23 Å². The van der Waals surface area contributed by atoms with Gasteiger partial charge in [-0.15, -0.1) is 0 Å². The minimum atomic E-state index is 0.405. The quantitative estimate of drug-likeness (QED) is 0.533. The molecule has 1 saturated carbocycles. The number of hydrogen-bond donors (Lipinski definition) is 1. The zero-order valence-corrected chi connectivity index (χ0v) is 6.56. The molecule has 4 atom stereocenters. The van der Waals surface area contributed by atoms with E-state index in [4.69, 9.17) is 4.74 Å². The lowest BCUT2D eigenvalue weighted by Gasteiger charge is -2.24. The molecular formula is C7H11NOS. The summed E-state index contributed by atoms with van der Waals surface area (Å²) in [6.45, 7) is 0. The van der Waals surface area contributed by atoms with Crippen LogP contribution < -0.4 is 4.72 Å². The lowest BCUT2D eigenvalue weighted by molar-refractivity contribution is 0.0323. The van der Waals surface area contributed by atoms with E-state index in [1.165, 1.54) is 19.3 Å². The van der Waals surface area contributed by atoms with Gasteiger partial charge >= 0.3 is 0 Å². The first-order valence-electron chi connectivity index (χ1n) is 4.02. The number of nitrogens with one attached hydrogen (secondary N) is 1. The summed E-state index contributed by atoms with van der Waals surface area (Å²) in [5, 5.41) is 0.791. The van der Waals surface area contributed by atoms with E-state index in [1.54, 1.807) is 0 Å². The zero-order chi connectivity index (χ0) is 6.55. The molecule has 3 rings (SSSR count). The fraction of sp³-hybridized carbons (Fsp3) is 1.00. The lowest BCUT2D eigenvalue weighted by Crippen LogP contribution is -2.28. The molecule has 1 aliphatic carbocycles. The molecule has 3 aliphatic rings. The Morgan fingerprint density at radius 1 is 1.40 bits per heavy atom. The van der Waals surface area contributed by atoms with Crippen molar-refractivity contribution in [2.45, 2.75) is 36.8 Å². The Bertz CT molecular complexity index is 160. The van der Waals surface area contributed by atoms with E-state index < -0.39 is 0 Å². The average Bonchev–Trinajstić information content (AvgIpc) is 2.44. The van der Waals surface area contributed by atoms with Crippen LogP contribution in [0.15, 0.2) is 0 Å². The largest absolute Gasteiger partial charge is 0.358 e. The van der Waals surface area contributed by atoms with Gasteiger partial charge in [-0.1, -0.05) is 18.4 Å². The fourth-order valence-corrected chi connectivity index (χ4v) is 3.67. The third kappa shape index (κ3) is 0.588. The van der Waals surface area contributed by atoms with Gasteiger partial charge in [0.05, 0.1) is 11.4 Å². The van der Waals surface area contributed by atoms with E-state index >= 15 is 0 Å². The maximum atomic E-state index is 5.75. The van der Waals surface area contributed by atoms with Gasteiger partial charge < -0.3 is 4.74 Å². The normalized spacial score (nSPS) is 57.6. The molecule has 2 nitrogen and oxygen atoms in total. The van der Waals surface area contributed by atoms with Crippen LogP contribution in [0.25, 0.3) is 0 Å². The summed E-state index contributed by atoms with van der Waals surface area (Å²) < 4.78 is 9.07. The molecule has 10 heavy (non-hydrogen) atoms. The van der Waals surface area contributed by atoms with E-state index in [1.807, 2.05) is 11.9 Å². The summed E-state index contributed by atoms with van der Waals surface area (Å²) in [6, 6.07) is 0. The highest BCUT2D eigenvalue weighted by Gasteiger charge is 2.51. The third-order valence-electron chi connectivity index (χ3n) is 2.85. The molecule has 0 aromatic heterocycles. The first-order chi connectivity index (χ1) is 4.95. The zero-order valence-electron chi connectivity index (χ0n) is 5.75. The van der Waals surface area contributed by atoms with Crippen molar-refractivity contribution in [2.24, 2.45) is 5.92 Å². The van der Waals surface area contributed by atoms with Gasteiger partial charge in [-0.25, -0.2) is 4.72 Å². The Hall–Kier alpha value is 0.270. The molecule has 4 bridgehead atoms. The maximum Gasteiger partial charge on any atom is 0.121 e. The monoisotopic (exact) mass is 157 g/mol. The van der Waals surface area contributed by atoms with Crippen LogP contribution in [0.3, 0.4) is 0 Å². The summed E-state index contributed by atoms with van der Waals surface area (Å²) in [6.07, 6.45) is 5.06. The van der Waals surface area contributed by atoms with E-state index in [-0.39, 0.29) is 0 Å². The van der Waals surface area contributed by atoms with Gasteiger partial charge in [0.2, 0.25) is 0 Å². The van der Waals surface area contributed by atoms with Gasteiger partial charge in [0, 0.05) is 5.92 Å². The molecule has 3 fully saturated rings. The van der Waals surface area contributed by atoms with Crippen molar-refractivity contribution in [3.8, 4) is 0 Å². The topological polar surface area (TPSA) is 21.3 Å². The Morgan fingerprint density at radius 3 is 3.20 bits per heavy atom.